The normalized spacial score (nSPS) is 19.9. The Kier molecular flexibility index (Phi) is 5.34. The predicted molar refractivity (Wildman–Crippen MR) is 74.4 cm³/mol. The zero-order chi connectivity index (χ0) is 14.5. The smallest absolute Gasteiger partial charge is 0.253 e. The largest absolute Gasteiger partial charge is 0.376 e. The van der Waals surface area contributed by atoms with Crippen molar-refractivity contribution in [2.75, 3.05) is 18.5 Å². The first-order valence-electron chi connectivity index (χ1n) is 6.55. The van der Waals surface area contributed by atoms with E-state index in [1.807, 2.05) is 0 Å². The van der Waals surface area contributed by atoms with Gasteiger partial charge in [0, 0.05) is 12.3 Å². The summed E-state index contributed by atoms with van der Waals surface area (Å²) in [6, 6.07) is 4.02. The highest BCUT2D eigenvalue weighted by Crippen LogP contribution is 2.19. The van der Waals surface area contributed by atoms with Gasteiger partial charge in [0.25, 0.3) is 5.91 Å². The molecule has 20 heavy (non-hydrogen) atoms. The Hall–Kier alpha value is -1.17. The van der Waals surface area contributed by atoms with Crippen LogP contribution in [-0.4, -0.2) is 31.3 Å². The Morgan fingerprint density at radius 1 is 1.65 bits per heavy atom. The predicted octanol–water partition coefficient (Wildman–Crippen LogP) is 3.00. The highest BCUT2D eigenvalue weighted by Gasteiger charge is 2.20. The molecule has 2 rings (SSSR count). The van der Waals surface area contributed by atoms with Crippen LogP contribution in [0.2, 0.25) is 5.02 Å². The molecule has 1 aliphatic rings. The number of carbonyl (C=O) groups is 1. The van der Waals surface area contributed by atoms with Gasteiger partial charge >= 0.3 is 0 Å². The van der Waals surface area contributed by atoms with Gasteiger partial charge in [-0.25, -0.2) is 4.39 Å². The Morgan fingerprint density at radius 3 is 3.10 bits per heavy atom. The van der Waals surface area contributed by atoms with Crippen LogP contribution in [-0.2, 0) is 14.3 Å². The number of halogens is 2. The van der Waals surface area contributed by atoms with Crippen LogP contribution < -0.4 is 5.32 Å². The highest BCUT2D eigenvalue weighted by molar-refractivity contribution is 6.31. The summed E-state index contributed by atoms with van der Waals surface area (Å²) in [5.41, 5.74) is 0.439. The third-order valence-electron chi connectivity index (χ3n) is 3.11. The number of anilines is 1. The zero-order valence-corrected chi connectivity index (χ0v) is 12.0. The fraction of sp³-hybridized carbons (Fsp3) is 0.500. The summed E-state index contributed by atoms with van der Waals surface area (Å²) in [6.45, 7) is 2.82. The van der Waals surface area contributed by atoms with Gasteiger partial charge in [0.05, 0.1) is 17.7 Å². The molecule has 1 aliphatic heterocycles. The van der Waals surface area contributed by atoms with Crippen molar-refractivity contribution in [3.63, 3.8) is 0 Å². The average molecular weight is 302 g/mol. The van der Waals surface area contributed by atoms with Gasteiger partial charge in [0.15, 0.2) is 0 Å². The van der Waals surface area contributed by atoms with Crippen LogP contribution in [0, 0.1) is 5.82 Å². The molecule has 1 heterocycles. The zero-order valence-electron chi connectivity index (χ0n) is 11.2. The number of nitrogens with one attached hydrogen (secondary N) is 1. The molecule has 2 atom stereocenters. The van der Waals surface area contributed by atoms with Crippen LogP contribution in [0.3, 0.4) is 0 Å². The monoisotopic (exact) mass is 301 g/mol. The van der Waals surface area contributed by atoms with Crippen LogP contribution in [0.15, 0.2) is 18.2 Å². The molecule has 0 aliphatic carbocycles. The summed E-state index contributed by atoms with van der Waals surface area (Å²) in [5, 5.41) is 2.60. The van der Waals surface area contributed by atoms with Crippen LogP contribution >= 0.6 is 11.6 Å². The van der Waals surface area contributed by atoms with Crippen molar-refractivity contribution in [3.05, 3.63) is 29.0 Å². The van der Waals surface area contributed by atoms with Crippen molar-refractivity contribution >= 4 is 23.2 Å². The van der Waals surface area contributed by atoms with E-state index in [0.717, 1.165) is 19.4 Å². The first-order valence-corrected chi connectivity index (χ1v) is 6.93. The summed E-state index contributed by atoms with van der Waals surface area (Å²) in [5.74, 6) is -0.821. The number of rotatable bonds is 5. The minimum Gasteiger partial charge on any atom is -0.376 e. The van der Waals surface area contributed by atoms with Crippen LogP contribution in [0.5, 0.6) is 0 Å². The molecular formula is C14H17ClFNO3. The van der Waals surface area contributed by atoms with Gasteiger partial charge < -0.3 is 14.8 Å². The van der Waals surface area contributed by atoms with Crippen molar-refractivity contribution in [2.24, 2.45) is 0 Å². The lowest BCUT2D eigenvalue weighted by molar-refractivity contribution is -0.128. The number of amides is 1. The molecule has 4 nitrogen and oxygen atoms in total. The number of ether oxygens (including phenoxy) is 2. The van der Waals surface area contributed by atoms with Gasteiger partial charge in [-0.1, -0.05) is 11.6 Å². The van der Waals surface area contributed by atoms with E-state index in [2.05, 4.69) is 5.32 Å². The Labute approximate surface area is 122 Å². The van der Waals surface area contributed by atoms with Crippen molar-refractivity contribution in [1.82, 2.24) is 0 Å². The van der Waals surface area contributed by atoms with E-state index in [1.165, 1.54) is 18.2 Å². The van der Waals surface area contributed by atoms with Crippen LogP contribution in [0.1, 0.15) is 19.8 Å². The van der Waals surface area contributed by atoms with E-state index >= 15 is 0 Å². The fourth-order valence-corrected chi connectivity index (χ4v) is 2.10. The number of hydrogen-bond donors (Lipinski definition) is 1. The van der Waals surface area contributed by atoms with Crippen molar-refractivity contribution < 1.29 is 18.7 Å². The summed E-state index contributed by atoms with van der Waals surface area (Å²) < 4.78 is 23.9. The summed E-state index contributed by atoms with van der Waals surface area (Å²) in [4.78, 5) is 11.9. The number of carbonyl (C=O) groups excluding carboxylic acids is 1. The minimum atomic E-state index is -0.608. The lowest BCUT2D eigenvalue weighted by Crippen LogP contribution is -2.30. The van der Waals surface area contributed by atoms with Gasteiger partial charge in [0.1, 0.15) is 11.9 Å². The Balaban J connectivity index is 1.81. The Bertz CT molecular complexity index is 477. The fourth-order valence-electron chi connectivity index (χ4n) is 1.92. The second-order valence-electron chi connectivity index (χ2n) is 4.73. The van der Waals surface area contributed by atoms with Crippen molar-refractivity contribution in [2.45, 2.75) is 32.0 Å². The van der Waals surface area contributed by atoms with E-state index < -0.39 is 11.9 Å². The molecule has 1 aromatic carbocycles. The lowest BCUT2D eigenvalue weighted by Gasteiger charge is -2.16. The molecule has 1 N–H and O–H groups in total. The molecule has 1 amide bonds. The standard InChI is InChI=1S/C14H17ClFNO3/c1-9(20-8-11-3-2-6-19-11)14(18)17-10-4-5-13(16)12(15)7-10/h4-5,7,9,11H,2-3,6,8H2,1H3,(H,17,18). The second kappa shape index (κ2) is 7.02. The van der Waals surface area contributed by atoms with Crippen LogP contribution in [0.25, 0.3) is 0 Å². The summed E-state index contributed by atoms with van der Waals surface area (Å²) in [7, 11) is 0. The third kappa shape index (κ3) is 4.16. The average Bonchev–Trinajstić information content (AvgIpc) is 2.93. The van der Waals surface area contributed by atoms with Gasteiger partial charge in [-0.2, -0.15) is 0 Å². The third-order valence-corrected chi connectivity index (χ3v) is 3.40. The Morgan fingerprint density at radius 2 is 2.45 bits per heavy atom. The van der Waals surface area contributed by atoms with Gasteiger partial charge in [-0.05, 0) is 38.0 Å². The first kappa shape index (κ1) is 15.2. The lowest BCUT2D eigenvalue weighted by atomic mass is 10.2. The maximum absolute atomic E-state index is 13.0. The molecular weight excluding hydrogens is 285 g/mol. The quantitative estimate of drug-likeness (QED) is 0.909. The van der Waals surface area contributed by atoms with Gasteiger partial charge in [0.2, 0.25) is 0 Å². The maximum Gasteiger partial charge on any atom is 0.253 e. The first-order chi connectivity index (χ1) is 9.56. The molecule has 0 radical (unpaired) electrons. The van der Waals surface area contributed by atoms with Crippen molar-refractivity contribution in [3.8, 4) is 0 Å². The maximum atomic E-state index is 13.0. The molecule has 1 saturated heterocycles. The van der Waals surface area contributed by atoms with E-state index in [0.29, 0.717) is 12.3 Å². The van der Waals surface area contributed by atoms with Gasteiger partial charge in [-0.3, -0.25) is 4.79 Å². The topological polar surface area (TPSA) is 47.6 Å². The van der Waals surface area contributed by atoms with Crippen LogP contribution in [0.4, 0.5) is 10.1 Å². The van der Waals surface area contributed by atoms with E-state index in [9.17, 15) is 9.18 Å². The molecule has 1 fully saturated rings. The SMILES string of the molecule is CC(OCC1CCCO1)C(=O)Nc1ccc(F)c(Cl)c1. The van der Waals surface area contributed by atoms with Crippen molar-refractivity contribution in [1.29, 1.82) is 0 Å². The molecule has 110 valence electrons. The number of hydrogen-bond acceptors (Lipinski definition) is 3. The van der Waals surface area contributed by atoms with E-state index in [-0.39, 0.29) is 17.0 Å². The molecule has 1 aromatic rings. The van der Waals surface area contributed by atoms with Gasteiger partial charge in [-0.15, -0.1) is 0 Å². The highest BCUT2D eigenvalue weighted by atomic mass is 35.5. The minimum absolute atomic E-state index is 0.0317. The second-order valence-corrected chi connectivity index (χ2v) is 5.14. The molecule has 0 aromatic heterocycles. The molecule has 0 spiro atoms. The number of benzene rings is 1. The van der Waals surface area contributed by atoms with E-state index in [1.54, 1.807) is 6.92 Å². The summed E-state index contributed by atoms with van der Waals surface area (Å²) in [6.07, 6.45) is 1.46. The van der Waals surface area contributed by atoms with E-state index in [4.69, 9.17) is 21.1 Å². The molecule has 0 bridgehead atoms. The summed E-state index contributed by atoms with van der Waals surface area (Å²) >= 11 is 5.65. The molecule has 6 heteroatoms. The molecule has 2 unspecified atom stereocenters. The molecule has 0 saturated carbocycles.